The van der Waals surface area contributed by atoms with E-state index in [1.54, 1.807) is 6.92 Å². The summed E-state index contributed by atoms with van der Waals surface area (Å²) in [6.45, 7) is 11.0. The van der Waals surface area contributed by atoms with E-state index in [0.29, 0.717) is 5.57 Å². The summed E-state index contributed by atoms with van der Waals surface area (Å²) in [5, 5.41) is 9.14. The summed E-state index contributed by atoms with van der Waals surface area (Å²) in [6, 6.07) is 0. The fourth-order valence-corrected chi connectivity index (χ4v) is 0.176. The third kappa shape index (κ3) is 13.2. The van der Waals surface area contributed by atoms with Crippen molar-refractivity contribution in [2.75, 3.05) is 0 Å². The summed E-state index contributed by atoms with van der Waals surface area (Å²) in [6.07, 6.45) is 1.80. The zero-order valence-corrected chi connectivity index (χ0v) is 7.41. The van der Waals surface area contributed by atoms with E-state index >= 15 is 0 Å². The smallest absolute Gasteiger partial charge is 0.337 e. The quantitative estimate of drug-likeness (QED) is 0.355. The highest BCUT2D eigenvalue weighted by Crippen LogP contribution is 1.90. The fraction of sp³-hybridized carbons (Fsp3) is 0.111. The molecule has 0 aliphatic carbocycles. The SMILES string of the molecule is C=CC(=O)[O-].C=COC(=O)C(=C)C. The van der Waals surface area contributed by atoms with Gasteiger partial charge in [0.2, 0.25) is 0 Å². The minimum atomic E-state index is -1.23. The lowest BCUT2D eigenvalue weighted by molar-refractivity contribution is -0.297. The van der Waals surface area contributed by atoms with Crippen molar-refractivity contribution in [1.82, 2.24) is 0 Å². The van der Waals surface area contributed by atoms with Crippen LogP contribution < -0.4 is 5.11 Å². The Balaban J connectivity index is 0. The second kappa shape index (κ2) is 8.26. The number of carbonyl (C=O) groups is 2. The van der Waals surface area contributed by atoms with Gasteiger partial charge in [-0.15, -0.1) is 0 Å². The Morgan fingerprint density at radius 1 is 1.38 bits per heavy atom. The zero-order chi connectivity index (χ0) is 10.9. The molecule has 0 saturated carbocycles. The average Bonchev–Trinajstić information content (AvgIpc) is 2.06. The summed E-state index contributed by atoms with van der Waals surface area (Å²) in [4.78, 5) is 19.5. The molecule has 0 N–H and O–H groups in total. The molecule has 0 aromatic rings. The van der Waals surface area contributed by atoms with Crippen LogP contribution in [0.4, 0.5) is 0 Å². The monoisotopic (exact) mass is 183 g/mol. The Kier molecular flexibility index (Phi) is 8.72. The highest BCUT2D eigenvalue weighted by atomic mass is 16.5. The molecule has 0 fully saturated rings. The lowest BCUT2D eigenvalue weighted by atomic mass is 10.4. The van der Waals surface area contributed by atoms with Crippen LogP contribution in [0.2, 0.25) is 0 Å². The van der Waals surface area contributed by atoms with Gasteiger partial charge < -0.3 is 14.6 Å². The topological polar surface area (TPSA) is 66.4 Å². The molecule has 0 spiro atoms. The van der Waals surface area contributed by atoms with Crippen LogP contribution in [0.1, 0.15) is 6.92 Å². The van der Waals surface area contributed by atoms with Crippen molar-refractivity contribution in [2.45, 2.75) is 6.92 Å². The molecule has 0 aromatic carbocycles. The van der Waals surface area contributed by atoms with Gasteiger partial charge in [0.05, 0.1) is 12.2 Å². The van der Waals surface area contributed by atoms with Gasteiger partial charge in [-0.2, -0.15) is 0 Å². The van der Waals surface area contributed by atoms with Crippen LogP contribution in [0.15, 0.2) is 37.6 Å². The molecule has 4 heteroatoms. The van der Waals surface area contributed by atoms with Crippen LogP contribution in [0, 0.1) is 0 Å². The first-order chi connectivity index (χ1) is 5.95. The molecule has 13 heavy (non-hydrogen) atoms. The fourth-order valence-electron chi connectivity index (χ4n) is 0.176. The second-order valence-corrected chi connectivity index (χ2v) is 1.88. The van der Waals surface area contributed by atoms with Gasteiger partial charge in [-0.05, 0) is 13.0 Å². The molecule has 0 aromatic heterocycles. The number of esters is 1. The summed E-state index contributed by atoms with van der Waals surface area (Å²) in [5.41, 5.74) is 0.380. The van der Waals surface area contributed by atoms with Crippen LogP contribution in [-0.4, -0.2) is 11.9 Å². The normalized spacial score (nSPS) is 7.15. The number of rotatable bonds is 3. The van der Waals surface area contributed by atoms with Gasteiger partial charge >= 0.3 is 5.97 Å². The van der Waals surface area contributed by atoms with Crippen LogP contribution in [0.3, 0.4) is 0 Å². The van der Waals surface area contributed by atoms with Crippen molar-refractivity contribution in [3.05, 3.63) is 37.6 Å². The summed E-state index contributed by atoms with van der Waals surface area (Å²) >= 11 is 0. The minimum absolute atomic E-state index is 0.380. The predicted octanol–water partition coefficient (Wildman–Crippen LogP) is 0.171. The van der Waals surface area contributed by atoms with E-state index in [1.165, 1.54) is 0 Å². The standard InChI is InChI=1S/C6H8O2.C3H4O2/c1-4-8-6(7)5(2)3;1-2-3(4)5/h4H,1-2H2,3H3;2H,1H2,(H,4,5)/p-1. The van der Waals surface area contributed by atoms with Gasteiger partial charge in [0.15, 0.2) is 0 Å². The van der Waals surface area contributed by atoms with Gasteiger partial charge in [0, 0.05) is 5.57 Å². The van der Waals surface area contributed by atoms with E-state index < -0.39 is 11.9 Å². The van der Waals surface area contributed by atoms with Crippen molar-refractivity contribution in [3.63, 3.8) is 0 Å². The van der Waals surface area contributed by atoms with Crippen molar-refractivity contribution in [3.8, 4) is 0 Å². The number of aliphatic carboxylic acids is 1. The number of carboxylic acid groups (broad SMARTS) is 1. The first-order valence-electron chi connectivity index (χ1n) is 3.26. The highest BCUT2D eigenvalue weighted by molar-refractivity contribution is 5.87. The largest absolute Gasteiger partial charge is 0.545 e. The minimum Gasteiger partial charge on any atom is -0.545 e. The third-order valence-corrected chi connectivity index (χ3v) is 0.705. The molecule has 0 amide bonds. The first kappa shape index (κ1) is 13.7. The van der Waals surface area contributed by atoms with Crippen LogP contribution in [0.5, 0.6) is 0 Å². The Bertz CT molecular complexity index is 228. The van der Waals surface area contributed by atoms with Crippen LogP contribution in [0.25, 0.3) is 0 Å². The maximum atomic E-state index is 10.3. The van der Waals surface area contributed by atoms with E-state index in [-0.39, 0.29) is 0 Å². The average molecular weight is 183 g/mol. The molecule has 0 radical (unpaired) electrons. The molecule has 0 atom stereocenters. The van der Waals surface area contributed by atoms with Gasteiger partial charge in [0.1, 0.15) is 0 Å². The van der Waals surface area contributed by atoms with Gasteiger partial charge in [0.25, 0.3) is 0 Å². The Morgan fingerprint density at radius 2 is 1.77 bits per heavy atom. The maximum absolute atomic E-state index is 10.3. The van der Waals surface area contributed by atoms with E-state index in [1.807, 2.05) is 0 Å². The zero-order valence-electron chi connectivity index (χ0n) is 7.41. The van der Waals surface area contributed by atoms with Gasteiger partial charge in [-0.1, -0.05) is 19.7 Å². The van der Waals surface area contributed by atoms with E-state index in [0.717, 1.165) is 12.3 Å². The Morgan fingerprint density at radius 3 is 1.85 bits per heavy atom. The molecule has 0 bridgehead atoms. The van der Waals surface area contributed by atoms with Gasteiger partial charge in [-0.25, -0.2) is 4.79 Å². The lowest BCUT2D eigenvalue weighted by Gasteiger charge is -1.92. The lowest BCUT2D eigenvalue weighted by Crippen LogP contribution is -2.17. The summed E-state index contributed by atoms with van der Waals surface area (Å²) in [5.74, 6) is -1.66. The first-order valence-corrected chi connectivity index (χ1v) is 3.26. The molecule has 0 rings (SSSR count). The number of carbonyl (C=O) groups excluding carboxylic acids is 2. The van der Waals surface area contributed by atoms with Crippen LogP contribution in [-0.2, 0) is 14.3 Å². The summed E-state index contributed by atoms with van der Waals surface area (Å²) < 4.78 is 4.33. The van der Waals surface area contributed by atoms with E-state index in [9.17, 15) is 4.79 Å². The van der Waals surface area contributed by atoms with E-state index in [2.05, 4.69) is 24.5 Å². The molecule has 72 valence electrons. The molecular formula is C9H11O4-. The van der Waals surface area contributed by atoms with Gasteiger partial charge in [-0.3, -0.25) is 0 Å². The Labute approximate surface area is 76.8 Å². The molecule has 0 aliphatic heterocycles. The van der Waals surface area contributed by atoms with Crippen molar-refractivity contribution in [1.29, 1.82) is 0 Å². The van der Waals surface area contributed by atoms with Crippen molar-refractivity contribution in [2.24, 2.45) is 0 Å². The predicted molar refractivity (Wildman–Crippen MR) is 46.3 cm³/mol. The number of hydrogen-bond acceptors (Lipinski definition) is 4. The number of ether oxygens (including phenoxy) is 1. The molecule has 0 heterocycles. The van der Waals surface area contributed by atoms with Crippen molar-refractivity contribution < 1.29 is 19.4 Å². The molecule has 0 unspecified atom stereocenters. The molecule has 4 nitrogen and oxygen atoms in total. The highest BCUT2D eigenvalue weighted by Gasteiger charge is 1.97. The molecule has 0 aliphatic rings. The molecule has 0 saturated heterocycles. The van der Waals surface area contributed by atoms with Crippen LogP contribution >= 0.6 is 0 Å². The van der Waals surface area contributed by atoms with E-state index in [4.69, 9.17) is 9.90 Å². The maximum Gasteiger partial charge on any atom is 0.337 e. The number of carboxylic acids is 1. The third-order valence-electron chi connectivity index (χ3n) is 0.705. The number of hydrogen-bond donors (Lipinski definition) is 0. The Hall–Kier alpha value is -1.84. The molecular weight excluding hydrogens is 172 g/mol. The van der Waals surface area contributed by atoms with Crippen molar-refractivity contribution >= 4 is 11.9 Å². The second-order valence-electron chi connectivity index (χ2n) is 1.88. The summed E-state index contributed by atoms with van der Waals surface area (Å²) in [7, 11) is 0.